The number of piperidine rings is 1. The lowest BCUT2D eigenvalue weighted by molar-refractivity contribution is 0.145. The average Bonchev–Trinajstić information content (AvgIpc) is 2.30. The Morgan fingerprint density at radius 1 is 1.40 bits per heavy atom. The van der Waals surface area contributed by atoms with Crippen molar-refractivity contribution in [1.82, 2.24) is 4.98 Å². The molecule has 0 aliphatic carbocycles. The van der Waals surface area contributed by atoms with E-state index in [0.717, 1.165) is 37.4 Å². The zero-order valence-electron chi connectivity index (χ0n) is 8.76. The highest BCUT2D eigenvalue weighted by atomic mass is 16.3. The van der Waals surface area contributed by atoms with E-state index in [4.69, 9.17) is 5.73 Å². The molecule has 0 amide bonds. The third kappa shape index (κ3) is 2.46. The SMILES string of the molecule is NCc1cccc(N2CCC(O)CC2)n1. The summed E-state index contributed by atoms with van der Waals surface area (Å²) in [6.07, 6.45) is 1.52. The molecule has 1 fully saturated rings. The number of nitrogens with zero attached hydrogens (tertiary/aromatic N) is 2. The first-order valence-corrected chi connectivity index (χ1v) is 5.38. The van der Waals surface area contributed by atoms with Gasteiger partial charge >= 0.3 is 0 Å². The number of nitrogens with two attached hydrogens (primary N) is 1. The Hall–Kier alpha value is -1.13. The molecule has 15 heavy (non-hydrogen) atoms. The van der Waals surface area contributed by atoms with E-state index in [9.17, 15) is 5.11 Å². The number of aliphatic hydroxyl groups is 1. The molecule has 0 saturated carbocycles. The van der Waals surface area contributed by atoms with Gasteiger partial charge in [-0.3, -0.25) is 0 Å². The van der Waals surface area contributed by atoms with Gasteiger partial charge in [-0.15, -0.1) is 0 Å². The van der Waals surface area contributed by atoms with E-state index in [0.29, 0.717) is 6.54 Å². The fraction of sp³-hybridized carbons (Fsp3) is 0.545. The largest absolute Gasteiger partial charge is 0.393 e. The van der Waals surface area contributed by atoms with E-state index in [2.05, 4.69) is 9.88 Å². The molecule has 0 atom stereocenters. The van der Waals surface area contributed by atoms with Gasteiger partial charge < -0.3 is 15.7 Å². The molecule has 1 aromatic heterocycles. The molecule has 3 N–H and O–H groups in total. The Morgan fingerprint density at radius 3 is 2.80 bits per heavy atom. The van der Waals surface area contributed by atoms with E-state index >= 15 is 0 Å². The molecule has 4 nitrogen and oxygen atoms in total. The van der Waals surface area contributed by atoms with Gasteiger partial charge in [0.25, 0.3) is 0 Å². The first-order chi connectivity index (χ1) is 7.29. The number of hydrogen-bond acceptors (Lipinski definition) is 4. The third-order valence-electron chi connectivity index (χ3n) is 2.79. The summed E-state index contributed by atoms with van der Waals surface area (Å²) in [5, 5.41) is 9.41. The van der Waals surface area contributed by atoms with Gasteiger partial charge in [0.2, 0.25) is 0 Å². The third-order valence-corrected chi connectivity index (χ3v) is 2.79. The molecule has 1 aliphatic rings. The molecule has 0 bridgehead atoms. The summed E-state index contributed by atoms with van der Waals surface area (Å²) in [6.45, 7) is 2.23. The fourth-order valence-corrected chi connectivity index (χ4v) is 1.85. The molecule has 1 aliphatic heterocycles. The molecule has 82 valence electrons. The maximum Gasteiger partial charge on any atom is 0.128 e. The van der Waals surface area contributed by atoms with Crippen molar-refractivity contribution in [3.8, 4) is 0 Å². The normalized spacial score (nSPS) is 18.1. The zero-order valence-corrected chi connectivity index (χ0v) is 8.76. The number of rotatable bonds is 2. The van der Waals surface area contributed by atoms with Crippen LogP contribution in [0.15, 0.2) is 18.2 Å². The van der Waals surface area contributed by atoms with Crippen LogP contribution in [-0.2, 0) is 6.54 Å². The Balaban J connectivity index is 2.08. The number of aromatic nitrogens is 1. The molecular weight excluding hydrogens is 190 g/mol. The van der Waals surface area contributed by atoms with Gasteiger partial charge in [0, 0.05) is 19.6 Å². The summed E-state index contributed by atoms with van der Waals surface area (Å²) < 4.78 is 0. The molecule has 0 spiro atoms. The van der Waals surface area contributed by atoms with E-state index in [1.807, 2.05) is 18.2 Å². The molecule has 2 rings (SSSR count). The Bertz CT molecular complexity index is 321. The van der Waals surface area contributed by atoms with Crippen LogP contribution in [0.25, 0.3) is 0 Å². The molecular formula is C11H17N3O. The van der Waals surface area contributed by atoms with Crippen LogP contribution in [0.5, 0.6) is 0 Å². The lowest BCUT2D eigenvalue weighted by Crippen LogP contribution is -2.36. The van der Waals surface area contributed by atoms with Crippen molar-refractivity contribution in [2.45, 2.75) is 25.5 Å². The summed E-state index contributed by atoms with van der Waals surface area (Å²) in [6, 6.07) is 5.91. The van der Waals surface area contributed by atoms with Gasteiger partial charge in [0.1, 0.15) is 5.82 Å². The molecule has 0 aromatic carbocycles. The monoisotopic (exact) mass is 207 g/mol. The number of anilines is 1. The molecule has 1 aromatic rings. The Morgan fingerprint density at radius 2 is 2.13 bits per heavy atom. The molecule has 4 heteroatoms. The van der Waals surface area contributed by atoms with Gasteiger partial charge in [-0.2, -0.15) is 0 Å². The lowest BCUT2D eigenvalue weighted by Gasteiger charge is -2.30. The standard InChI is InChI=1S/C11H17N3O/c12-8-9-2-1-3-11(13-9)14-6-4-10(15)5-7-14/h1-3,10,15H,4-8,12H2. The summed E-state index contributed by atoms with van der Waals surface area (Å²) >= 11 is 0. The fourth-order valence-electron chi connectivity index (χ4n) is 1.85. The maximum atomic E-state index is 9.41. The van der Waals surface area contributed by atoms with E-state index in [1.54, 1.807) is 0 Å². The zero-order chi connectivity index (χ0) is 10.7. The van der Waals surface area contributed by atoms with E-state index in [1.165, 1.54) is 0 Å². The van der Waals surface area contributed by atoms with Crippen LogP contribution in [-0.4, -0.2) is 29.3 Å². The maximum absolute atomic E-state index is 9.41. The predicted octanol–water partition coefficient (Wildman–Crippen LogP) is 0.501. The van der Waals surface area contributed by atoms with Crippen LogP contribution < -0.4 is 10.6 Å². The highest BCUT2D eigenvalue weighted by molar-refractivity contribution is 5.39. The predicted molar refractivity (Wildman–Crippen MR) is 59.6 cm³/mol. The molecule has 0 radical (unpaired) electrons. The summed E-state index contributed by atoms with van der Waals surface area (Å²) in [4.78, 5) is 6.66. The first-order valence-electron chi connectivity index (χ1n) is 5.38. The first kappa shape index (κ1) is 10.4. The summed E-state index contributed by atoms with van der Waals surface area (Å²) in [7, 11) is 0. The van der Waals surface area contributed by atoms with Crippen molar-refractivity contribution in [1.29, 1.82) is 0 Å². The van der Waals surface area contributed by atoms with Crippen molar-refractivity contribution >= 4 is 5.82 Å². The van der Waals surface area contributed by atoms with Crippen LogP contribution in [0.4, 0.5) is 5.82 Å². The second kappa shape index (κ2) is 4.59. The summed E-state index contributed by atoms with van der Waals surface area (Å²) in [5.74, 6) is 0.977. The molecule has 1 saturated heterocycles. The second-order valence-electron chi connectivity index (χ2n) is 3.91. The minimum atomic E-state index is -0.140. The van der Waals surface area contributed by atoms with Gasteiger partial charge in [-0.1, -0.05) is 6.07 Å². The van der Waals surface area contributed by atoms with E-state index < -0.39 is 0 Å². The highest BCUT2D eigenvalue weighted by Crippen LogP contribution is 2.17. The van der Waals surface area contributed by atoms with Crippen molar-refractivity contribution in [2.75, 3.05) is 18.0 Å². The summed E-state index contributed by atoms with van der Waals surface area (Å²) in [5.41, 5.74) is 6.46. The van der Waals surface area contributed by atoms with Crippen molar-refractivity contribution in [2.24, 2.45) is 5.73 Å². The van der Waals surface area contributed by atoms with Crippen molar-refractivity contribution in [3.05, 3.63) is 23.9 Å². The van der Waals surface area contributed by atoms with Gasteiger partial charge in [-0.25, -0.2) is 4.98 Å². The van der Waals surface area contributed by atoms with Crippen molar-refractivity contribution < 1.29 is 5.11 Å². The lowest BCUT2D eigenvalue weighted by atomic mass is 10.1. The topological polar surface area (TPSA) is 62.4 Å². The average molecular weight is 207 g/mol. The van der Waals surface area contributed by atoms with Gasteiger partial charge in [-0.05, 0) is 25.0 Å². The van der Waals surface area contributed by atoms with E-state index in [-0.39, 0.29) is 6.10 Å². The Kier molecular flexibility index (Phi) is 3.18. The van der Waals surface area contributed by atoms with Crippen LogP contribution in [0.3, 0.4) is 0 Å². The van der Waals surface area contributed by atoms with Crippen LogP contribution >= 0.6 is 0 Å². The quantitative estimate of drug-likeness (QED) is 0.741. The number of pyridine rings is 1. The minimum absolute atomic E-state index is 0.140. The molecule has 2 heterocycles. The highest BCUT2D eigenvalue weighted by Gasteiger charge is 2.17. The minimum Gasteiger partial charge on any atom is -0.393 e. The smallest absolute Gasteiger partial charge is 0.128 e. The number of aliphatic hydroxyl groups excluding tert-OH is 1. The van der Waals surface area contributed by atoms with Gasteiger partial charge in [0.15, 0.2) is 0 Å². The van der Waals surface area contributed by atoms with Crippen LogP contribution in [0.2, 0.25) is 0 Å². The van der Waals surface area contributed by atoms with Crippen molar-refractivity contribution in [3.63, 3.8) is 0 Å². The second-order valence-corrected chi connectivity index (χ2v) is 3.91. The Labute approximate surface area is 89.7 Å². The van der Waals surface area contributed by atoms with Crippen LogP contribution in [0.1, 0.15) is 18.5 Å². The number of hydrogen-bond donors (Lipinski definition) is 2. The molecule has 0 unspecified atom stereocenters. The van der Waals surface area contributed by atoms with Gasteiger partial charge in [0.05, 0.1) is 11.8 Å². The van der Waals surface area contributed by atoms with Crippen LogP contribution in [0, 0.1) is 0 Å².